The summed E-state index contributed by atoms with van der Waals surface area (Å²) in [4.78, 5) is 0. The smallest absolute Gasteiger partial charge is 0.126 e. The molecule has 3 rings (SSSR count). The average Bonchev–Trinajstić information content (AvgIpc) is 3.39. The molecule has 0 bridgehead atoms. The van der Waals surface area contributed by atoms with E-state index in [-0.39, 0.29) is 12.2 Å². The van der Waals surface area contributed by atoms with E-state index in [1.165, 1.54) is 0 Å². The molecule has 4 nitrogen and oxygen atoms in total. The SMILES string of the molecule is C=CCc1cc(CC=C)c(OCC2CO2)cc1OCC1CO1. The van der Waals surface area contributed by atoms with Crippen LogP contribution in [0.25, 0.3) is 0 Å². The summed E-state index contributed by atoms with van der Waals surface area (Å²) in [5.41, 5.74) is 2.23. The van der Waals surface area contributed by atoms with Gasteiger partial charge in [0.15, 0.2) is 0 Å². The lowest BCUT2D eigenvalue weighted by atomic mass is 10.0. The fraction of sp³-hybridized carbons (Fsp3) is 0.444. The molecule has 0 amide bonds. The molecule has 4 heteroatoms. The molecule has 118 valence electrons. The molecule has 2 fully saturated rings. The third-order valence-corrected chi connectivity index (χ3v) is 3.63. The maximum absolute atomic E-state index is 5.90. The van der Waals surface area contributed by atoms with Crippen molar-refractivity contribution >= 4 is 0 Å². The second-order valence-electron chi connectivity index (χ2n) is 5.59. The minimum atomic E-state index is 0.230. The molecule has 2 saturated heterocycles. The van der Waals surface area contributed by atoms with E-state index >= 15 is 0 Å². The normalized spacial score (nSPS) is 22.0. The number of epoxide rings is 2. The number of hydrogen-bond acceptors (Lipinski definition) is 4. The molecular formula is C18H22O4. The quantitative estimate of drug-likeness (QED) is 0.492. The summed E-state index contributed by atoms with van der Waals surface area (Å²) < 4.78 is 22.2. The number of rotatable bonds is 10. The Morgan fingerprint density at radius 1 is 0.909 bits per heavy atom. The topological polar surface area (TPSA) is 43.5 Å². The summed E-state index contributed by atoms with van der Waals surface area (Å²) in [5, 5.41) is 0. The molecule has 0 radical (unpaired) electrons. The van der Waals surface area contributed by atoms with Crippen LogP contribution in [0.15, 0.2) is 37.4 Å². The molecule has 2 aliphatic heterocycles. The molecule has 0 spiro atoms. The number of ether oxygens (including phenoxy) is 4. The van der Waals surface area contributed by atoms with E-state index in [4.69, 9.17) is 18.9 Å². The summed E-state index contributed by atoms with van der Waals surface area (Å²) in [6.45, 7) is 10.4. The fourth-order valence-corrected chi connectivity index (χ4v) is 2.25. The fourth-order valence-electron chi connectivity index (χ4n) is 2.25. The maximum Gasteiger partial charge on any atom is 0.126 e. The van der Waals surface area contributed by atoms with Gasteiger partial charge in [-0.05, 0) is 30.0 Å². The molecule has 0 aromatic heterocycles. The van der Waals surface area contributed by atoms with Crippen molar-refractivity contribution in [2.45, 2.75) is 25.0 Å². The van der Waals surface area contributed by atoms with Gasteiger partial charge < -0.3 is 18.9 Å². The molecule has 2 unspecified atom stereocenters. The van der Waals surface area contributed by atoms with E-state index in [1.807, 2.05) is 18.2 Å². The molecular weight excluding hydrogens is 280 g/mol. The Kier molecular flexibility index (Phi) is 4.80. The van der Waals surface area contributed by atoms with Gasteiger partial charge in [0.25, 0.3) is 0 Å². The molecule has 1 aromatic carbocycles. The highest BCUT2D eigenvalue weighted by molar-refractivity contribution is 5.48. The van der Waals surface area contributed by atoms with Crippen molar-refractivity contribution in [1.82, 2.24) is 0 Å². The van der Waals surface area contributed by atoms with E-state index < -0.39 is 0 Å². The lowest BCUT2D eigenvalue weighted by Crippen LogP contribution is -2.09. The molecule has 0 saturated carbocycles. The molecule has 0 aliphatic carbocycles. The third kappa shape index (κ3) is 4.12. The van der Waals surface area contributed by atoms with E-state index in [0.717, 1.165) is 48.7 Å². The van der Waals surface area contributed by atoms with Crippen LogP contribution in [0.4, 0.5) is 0 Å². The van der Waals surface area contributed by atoms with Crippen molar-refractivity contribution in [2.24, 2.45) is 0 Å². The molecule has 1 aromatic rings. The second kappa shape index (κ2) is 6.99. The Morgan fingerprint density at radius 2 is 1.36 bits per heavy atom. The highest BCUT2D eigenvalue weighted by Gasteiger charge is 2.25. The minimum Gasteiger partial charge on any atom is -0.490 e. The van der Waals surface area contributed by atoms with Gasteiger partial charge in [-0.15, -0.1) is 13.2 Å². The van der Waals surface area contributed by atoms with Crippen LogP contribution in [0.2, 0.25) is 0 Å². The maximum atomic E-state index is 5.90. The first kappa shape index (κ1) is 15.1. The first-order valence-corrected chi connectivity index (χ1v) is 7.66. The standard InChI is InChI=1S/C18H22O4/c1-3-5-13-7-14(6-4-2)18(22-12-16-10-20-16)8-17(13)21-11-15-9-19-15/h3-4,7-8,15-16H,1-2,5-6,9-12H2. The van der Waals surface area contributed by atoms with Crippen molar-refractivity contribution in [3.05, 3.63) is 48.6 Å². The Bertz CT molecular complexity index is 499. The van der Waals surface area contributed by atoms with Gasteiger partial charge in [-0.3, -0.25) is 0 Å². The lowest BCUT2D eigenvalue weighted by molar-refractivity contribution is 0.250. The van der Waals surface area contributed by atoms with Crippen LogP contribution in [-0.2, 0) is 22.3 Å². The predicted molar refractivity (Wildman–Crippen MR) is 84.7 cm³/mol. The molecule has 2 atom stereocenters. The van der Waals surface area contributed by atoms with Gasteiger partial charge in [-0.25, -0.2) is 0 Å². The van der Waals surface area contributed by atoms with E-state index in [2.05, 4.69) is 19.2 Å². The molecule has 2 heterocycles. The van der Waals surface area contributed by atoms with Crippen LogP contribution in [0.5, 0.6) is 11.5 Å². The van der Waals surface area contributed by atoms with Gasteiger partial charge in [0.1, 0.15) is 36.9 Å². The monoisotopic (exact) mass is 302 g/mol. The zero-order valence-corrected chi connectivity index (χ0v) is 12.8. The first-order chi connectivity index (χ1) is 10.8. The van der Waals surface area contributed by atoms with Crippen molar-refractivity contribution in [3.63, 3.8) is 0 Å². The van der Waals surface area contributed by atoms with Crippen LogP contribution < -0.4 is 9.47 Å². The van der Waals surface area contributed by atoms with Crippen molar-refractivity contribution < 1.29 is 18.9 Å². The van der Waals surface area contributed by atoms with Crippen LogP contribution in [0.3, 0.4) is 0 Å². The van der Waals surface area contributed by atoms with E-state index in [1.54, 1.807) is 0 Å². The molecule has 22 heavy (non-hydrogen) atoms. The third-order valence-electron chi connectivity index (χ3n) is 3.63. The van der Waals surface area contributed by atoms with Crippen LogP contribution in [0.1, 0.15) is 11.1 Å². The summed E-state index contributed by atoms with van der Waals surface area (Å²) in [6, 6.07) is 4.10. The zero-order chi connectivity index (χ0) is 15.4. The van der Waals surface area contributed by atoms with Crippen molar-refractivity contribution in [3.8, 4) is 11.5 Å². The van der Waals surface area contributed by atoms with E-state index in [9.17, 15) is 0 Å². The van der Waals surface area contributed by atoms with Crippen LogP contribution in [-0.4, -0.2) is 38.6 Å². The number of hydrogen-bond donors (Lipinski definition) is 0. The lowest BCUT2D eigenvalue weighted by Gasteiger charge is -2.16. The number of benzene rings is 1. The Hall–Kier alpha value is -1.78. The Morgan fingerprint density at radius 3 is 1.73 bits per heavy atom. The van der Waals surface area contributed by atoms with Gasteiger partial charge in [-0.2, -0.15) is 0 Å². The summed E-state index contributed by atoms with van der Waals surface area (Å²) >= 11 is 0. The predicted octanol–water partition coefficient (Wildman–Crippen LogP) is 2.70. The van der Waals surface area contributed by atoms with Gasteiger partial charge >= 0.3 is 0 Å². The Labute approximate surface area is 131 Å². The van der Waals surface area contributed by atoms with Gasteiger partial charge in [0.2, 0.25) is 0 Å². The van der Waals surface area contributed by atoms with Crippen LogP contribution in [0, 0.1) is 0 Å². The second-order valence-corrected chi connectivity index (χ2v) is 5.59. The molecule has 0 N–H and O–H groups in total. The van der Waals surface area contributed by atoms with Crippen LogP contribution >= 0.6 is 0 Å². The van der Waals surface area contributed by atoms with E-state index in [0.29, 0.717) is 13.2 Å². The highest BCUT2D eigenvalue weighted by Crippen LogP contribution is 2.32. The van der Waals surface area contributed by atoms with Gasteiger partial charge in [0, 0.05) is 6.07 Å². The minimum absolute atomic E-state index is 0.230. The van der Waals surface area contributed by atoms with Gasteiger partial charge in [-0.1, -0.05) is 12.2 Å². The first-order valence-electron chi connectivity index (χ1n) is 7.66. The summed E-state index contributed by atoms with van der Waals surface area (Å²) in [6.07, 6.45) is 5.74. The summed E-state index contributed by atoms with van der Waals surface area (Å²) in [5.74, 6) is 1.69. The average molecular weight is 302 g/mol. The van der Waals surface area contributed by atoms with Crippen molar-refractivity contribution in [1.29, 1.82) is 0 Å². The number of allylic oxidation sites excluding steroid dienone is 2. The van der Waals surface area contributed by atoms with Crippen molar-refractivity contribution in [2.75, 3.05) is 26.4 Å². The summed E-state index contributed by atoms with van der Waals surface area (Å²) in [7, 11) is 0. The zero-order valence-electron chi connectivity index (χ0n) is 12.8. The Balaban J connectivity index is 1.80. The van der Waals surface area contributed by atoms with Gasteiger partial charge in [0.05, 0.1) is 13.2 Å². The highest BCUT2D eigenvalue weighted by atomic mass is 16.6. The molecule has 2 aliphatic rings. The largest absolute Gasteiger partial charge is 0.490 e.